The SMILES string of the molecule is Cc1nc(Br)cnc1OCC1C2CN(C(=O)OC(C)(C)C)CC12. The zero-order valence-electron chi connectivity index (χ0n) is 13.9. The second-order valence-electron chi connectivity index (χ2n) is 7.27. The summed E-state index contributed by atoms with van der Waals surface area (Å²) in [6.07, 6.45) is 1.43. The van der Waals surface area contributed by atoms with Crippen molar-refractivity contribution in [3.8, 4) is 5.88 Å². The van der Waals surface area contributed by atoms with Gasteiger partial charge in [-0.3, -0.25) is 0 Å². The van der Waals surface area contributed by atoms with Crippen LogP contribution in [-0.2, 0) is 4.74 Å². The van der Waals surface area contributed by atoms with E-state index in [1.807, 2.05) is 32.6 Å². The molecule has 2 unspecified atom stereocenters. The number of fused-ring (bicyclic) bond motifs is 1. The summed E-state index contributed by atoms with van der Waals surface area (Å²) in [6, 6.07) is 0. The summed E-state index contributed by atoms with van der Waals surface area (Å²) in [5.74, 6) is 2.12. The first-order valence-corrected chi connectivity index (χ1v) is 8.64. The van der Waals surface area contributed by atoms with Gasteiger partial charge in [-0.25, -0.2) is 14.8 Å². The minimum Gasteiger partial charge on any atom is -0.476 e. The highest BCUT2D eigenvalue weighted by Gasteiger charge is 2.57. The van der Waals surface area contributed by atoms with Crippen LogP contribution in [0.2, 0.25) is 0 Å². The number of carbonyl (C=O) groups is 1. The van der Waals surface area contributed by atoms with Crippen LogP contribution in [0.1, 0.15) is 26.5 Å². The molecular weight excluding hydrogens is 362 g/mol. The maximum Gasteiger partial charge on any atom is 0.410 e. The van der Waals surface area contributed by atoms with Gasteiger partial charge in [-0.2, -0.15) is 0 Å². The third-order valence-corrected chi connectivity index (χ3v) is 4.69. The summed E-state index contributed by atoms with van der Waals surface area (Å²) in [4.78, 5) is 22.4. The number of aromatic nitrogens is 2. The van der Waals surface area contributed by atoms with Crippen molar-refractivity contribution in [2.75, 3.05) is 19.7 Å². The molecule has 2 fully saturated rings. The van der Waals surface area contributed by atoms with Gasteiger partial charge in [-0.1, -0.05) is 0 Å². The summed E-state index contributed by atoms with van der Waals surface area (Å²) >= 11 is 3.29. The van der Waals surface area contributed by atoms with Crippen molar-refractivity contribution in [1.29, 1.82) is 0 Å². The predicted molar refractivity (Wildman–Crippen MR) is 88.2 cm³/mol. The van der Waals surface area contributed by atoms with E-state index in [4.69, 9.17) is 9.47 Å². The molecule has 1 saturated heterocycles. The molecule has 3 rings (SSSR count). The number of amides is 1. The van der Waals surface area contributed by atoms with Crippen molar-refractivity contribution in [3.63, 3.8) is 0 Å². The van der Waals surface area contributed by atoms with E-state index in [-0.39, 0.29) is 6.09 Å². The fraction of sp³-hybridized carbons (Fsp3) is 0.688. The fourth-order valence-corrected chi connectivity index (χ4v) is 3.50. The van der Waals surface area contributed by atoms with E-state index in [9.17, 15) is 4.79 Å². The zero-order valence-corrected chi connectivity index (χ0v) is 15.5. The van der Waals surface area contributed by atoms with Gasteiger partial charge in [0.05, 0.1) is 12.8 Å². The maximum absolute atomic E-state index is 12.0. The molecule has 1 saturated carbocycles. The Morgan fingerprint density at radius 2 is 2.04 bits per heavy atom. The number of rotatable bonds is 3. The summed E-state index contributed by atoms with van der Waals surface area (Å²) in [6.45, 7) is 9.71. The molecule has 0 spiro atoms. The summed E-state index contributed by atoms with van der Waals surface area (Å²) in [5, 5.41) is 0. The van der Waals surface area contributed by atoms with E-state index in [1.165, 1.54) is 0 Å². The van der Waals surface area contributed by atoms with Crippen LogP contribution in [0.15, 0.2) is 10.8 Å². The molecule has 0 bridgehead atoms. The molecule has 2 atom stereocenters. The van der Waals surface area contributed by atoms with E-state index in [0.29, 0.717) is 34.8 Å². The molecule has 2 heterocycles. The molecule has 0 N–H and O–H groups in total. The van der Waals surface area contributed by atoms with Gasteiger partial charge in [0, 0.05) is 19.0 Å². The minimum absolute atomic E-state index is 0.209. The van der Waals surface area contributed by atoms with Gasteiger partial charge < -0.3 is 14.4 Å². The summed E-state index contributed by atoms with van der Waals surface area (Å²) in [5.41, 5.74) is 0.338. The van der Waals surface area contributed by atoms with Gasteiger partial charge in [0.1, 0.15) is 15.9 Å². The molecule has 0 aromatic carbocycles. The minimum atomic E-state index is -0.440. The van der Waals surface area contributed by atoms with E-state index in [0.717, 1.165) is 18.8 Å². The molecule has 1 aliphatic heterocycles. The Balaban J connectivity index is 1.46. The molecule has 7 heteroatoms. The Labute approximate surface area is 144 Å². The van der Waals surface area contributed by atoms with Crippen molar-refractivity contribution in [2.24, 2.45) is 17.8 Å². The molecule has 1 aliphatic carbocycles. The molecule has 126 valence electrons. The smallest absolute Gasteiger partial charge is 0.410 e. The van der Waals surface area contributed by atoms with Crippen molar-refractivity contribution in [3.05, 3.63) is 16.5 Å². The van der Waals surface area contributed by atoms with Crippen LogP contribution in [-0.4, -0.2) is 46.3 Å². The van der Waals surface area contributed by atoms with Crippen LogP contribution in [0.25, 0.3) is 0 Å². The fourth-order valence-electron chi connectivity index (χ4n) is 3.13. The number of aryl methyl sites for hydroxylation is 1. The first-order valence-electron chi connectivity index (χ1n) is 7.84. The van der Waals surface area contributed by atoms with Crippen molar-refractivity contribution >= 4 is 22.0 Å². The van der Waals surface area contributed by atoms with Crippen LogP contribution < -0.4 is 4.74 Å². The highest BCUT2D eigenvalue weighted by molar-refractivity contribution is 9.10. The number of hydrogen-bond acceptors (Lipinski definition) is 5. The number of nitrogens with zero attached hydrogens (tertiary/aromatic N) is 3. The van der Waals surface area contributed by atoms with Crippen molar-refractivity contribution in [1.82, 2.24) is 14.9 Å². The number of ether oxygens (including phenoxy) is 2. The first-order chi connectivity index (χ1) is 10.7. The number of piperidine rings is 1. The second-order valence-corrected chi connectivity index (χ2v) is 8.08. The Bertz CT molecular complexity index is 605. The first kappa shape index (κ1) is 16.5. The molecule has 1 aromatic heterocycles. The average molecular weight is 384 g/mol. The van der Waals surface area contributed by atoms with E-state index >= 15 is 0 Å². The molecular formula is C16H22BrN3O3. The lowest BCUT2D eigenvalue weighted by atomic mass is 10.2. The number of hydrogen-bond donors (Lipinski definition) is 0. The standard InChI is InChI=1S/C16H22BrN3O3/c1-9-14(18-5-13(17)19-9)22-8-12-10-6-20(7-11(10)12)15(21)23-16(2,3)4/h5,10-12H,6-8H2,1-4H3. The van der Waals surface area contributed by atoms with E-state index in [2.05, 4.69) is 25.9 Å². The Kier molecular flexibility index (Phi) is 4.25. The van der Waals surface area contributed by atoms with Crippen LogP contribution in [0.5, 0.6) is 5.88 Å². The molecule has 1 aromatic rings. The number of likely N-dealkylation sites (tertiary alicyclic amines) is 1. The number of carbonyl (C=O) groups excluding carboxylic acids is 1. The largest absolute Gasteiger partial charge is 0.476 e. The third kappa shape index (κ3) is 3.76. The lowest BCUT2D eigenvalue weighted by Gasteiger charge is -2.25. The quantitative estimate of drug-likeness (QED) is 0.802. The summed E-state index contributed by atoms with van der Waals surface area (Å²) in [7, 11) is 0. The number of halogens is 1. The lowest BCUT2D eigenvalue weighted by molar-refractivity contribution is 0.0260. The van der Waals surface area contributed by atoms with E-state index < -0.39 is 5.60 Å². The summed E-state index contributed by atoms with van der Waals surface area (Å²) < 4.78 is 11.9. The van der Waals surface area contributed by atoms with Crippen LogP contribution >= 0.6 is 15.9 Å². The predicted octanol–water partition coefficient (Wildman–Crippen LogP) is 3.04. The van der Waals surface area contributed by atoms with Crippen LogP contribution in [0.4, 0.5) is 4.79 Å². The van der Waals surface area contributed by atoms with Crippen molar-refractivity contribution in [2.45, 2.75) is 33.3 Å². The lowest BCUT2D eigenvalue weighted by Crippen LogP contribution is -2.37. The Morgan fingerprint density at radius 3 is 2.61 bits per heavy atom. The van der Waals surface area contributed by atoms with Gasteiger partial charge in [0.2, 0.25) is 5.88 Å². The average Bonchev–Trinajstić information content (AvgIpc) is 2.88. The van der Waals surface area contributed by atoms with Gasteiger partial charge >= 0.3 is 6.09 Å². The molecule has 2 aliphatic rings. The van der Waals surface area contributed by atoms with Gasteiger partial charge in [-0.15, -0.1) is 0 Å². The molecule has 1 amide bonds. The van der Waals surface area contributed by atoms with Crippen LogP contribution in [0.3, 0.4) is 0 Å². The third-order valence-electron chi connectivity index (χ3n) is 4.31. The monoisotopic (exact) mass is 383 g/mol. The maximum atomic E-state index is 12.0. The van der Waals surface area contributed by atoms with E-state index in [1.54, 1.807) is 6.20 Å². The second kappa shape index (κ2) is 5.92. The highest BCUT2D eigenvalue weighted by Crippen LogP contribution is 2.51. The highest BCUT2D eigenvalue weighted by atomic mass is 79.9. The normalized spacial score (nSPS) is 26.0. The Hall–Kier alpha value is -1.37. The van der Waals surface area contributed by atoms with Crippen LogP contribution in [0, 0.1) is 24.7 Å². The molecule has 6 nitrogen and oxygen atoms in total. The van der Waals surface area contributed by atoms with Crippen molar-refractivity contribution < 1.29 is 14.3 Å². The van der Waals surface area contributed by atoms with Gasteiger partial charge in [-0.05, 0) is 55.5 Å². The van der Waals surface area contributed by atoms with Gasteiger partial charge in [0.25, 0.3) is 0 Å². The van der Waals surface area contributed by atoms with Gasteiger partial charge in [0.15, 0.2) is 0 Å². The molecule has 23 heavy (non-hydrogen) atoms. The Morgan fingerprint density at radius 1 is 1.39 bits per heavy atom. The zero-order chi connectivity index (χ0) is 16.8. The molecule has 0 radical (unpaired) electrons. The topological polar surface area (TPSA) is 64.6 Å².